The normalized spacial score (nSPS) is 22.0. The van der Waals surface area contributed by atoms with Gasteiger partial charge in [-0.15, -0.1) is 0 Å². The summed E-state index contributed by atoms with van der Waals surface area (Å²) in [6.07, 6.45) is 5.04. The molecule has 4 rings (SSSR count). The summed E-state index contributed by atoms with van der Waals surface area (Å²) >= 11 is 0. The molecule has 1 heterocycles. The lowest BCUT2D eigenvalue weighted by atomic mass is 9.71. The highest BCUT2D eigenvalue weighted by atomic mass is 19.1. The summed E-state index contributed by atoms with van der Waals surface area (Å²) in [7, 11) is 0. The Kier molecular flexibility index (Phi) is 5.20. The molecule has 3 heteroatoms. The van der Waals surface area contributed by atoms with E-state index in [4.69, 9.17) is 4.74 Å². The number of hydrogen-bond donors (Lipinski definition) is 1. The van der Waals surface area contributed by atoms with E-state index in [0.29, 0.717) is 11.7 Å². The third-order valence-corrected chi connectivity index (χ3v) is 7.15. The number of benzene rings is 2. The molecular formula is C27H33FO2. The third kappa shape index (κ3) is 3.42. The highest BCUT2D eigenvalue weighted by molar-refractivity contribution is 5.81. The van der Waals surface area contributed by atoms with E-state index in [1.54, 1.807) is 0 Å². The first-order chi connectivity index (χ1) is 14.2. The van der Waals surface area contributed by atoms with Crippen molar-refractivity contribution >= 4 is 5.57 Å². The van der Waals surface area contributed by atoms with Gasteiger partial charge in [0, 0.05) is 5.41 Å². The van der Waals surface area contributed by atoms with Crippen LogP contribution in [0.4, 0.5) is 4.39 Å². The molecule has 0 saturated carbocycles. The maximum atomic E-state index is 13.6. The molecule has 1 N–H and O–H groups in total. The molecule has 2 nitrogen and oxygen atoms in total. The first-order valence-corrected chi connectivity index (χ1v) is 11.2. The van der Waals surface area contributed by atoms with Gasteiger partial charge in [-0.2, -0.15) is 0 Å². The molecule has 0 fully saturated rings. The Morgan fingerprint density at radius 3 is 2.53 bits per heavy atom. The summed E-state index contributed by atoms with van der Waals surface area (Å²) in [4.78, 5) is 0. The predicted octanol–water partition coefficient (Wildman–Crippen LogP) is 7.38. The van der Waals surface area contributed by atoms with Crippen molar-refractivity contribution in [2.24, 2.45) is 5.92 Å². The minimum Gasteiger partial charge on any atom is -0.507 e. The zero-order valence-corrected chi connectivity index (χ0v) is 18.8. The molecule has 2 unspecified atom stereocenters. The monoisotopic (exact) mass is 408 g/mol. The van der Waals surface area contributed by atoms with Crippen LogP contribution in [0.3, 0.4) is 0 Å². The topological polar surface area (TPSA) is 29.5 Å². The van der Waals surface area contributed by atoms with E-state index >= 15 is 0 Å². The highest BCUT2D eigenvalue weighted by Crippen LogP contribution is 2.53. The number of rotatable bonds is 4. The maximum Gasteiger partial charge on any atom is 0.132 e. The van der Waals surface area contributed by atoms with E-state index < -0.39 is 0 Å². The lowest BCUT2D eigenvalue weighted by molar-refractivity contribution is 0.134. The van der Waals surface area contributed by atoms with E-state index in [-0.39, 0.29) is 16.8 Å². The Morgan fingerprint density at radius 2 is 1.87 bits per heavy atom. The first kappa shape index (κ1) is 21.0. The molecule has 2 aromatic carbocycles. The molecule has 30 heavy (non-hydrogen) atoms. The number of phenolic OH excluding ortho intramolecular Hbond substituents is 1. The molecule has 0 saturated heterocycles. The van der Waals surface area contributed by atoms with Crippen LogP contribution >= 0.6 is 0 Å². The molecule has 2 aliphatic rings. The Hall–Kier alpha value is -2.29. The molecule has 1 aliphatic carbocycles. The molecule has 0 radical (unpaired) electrons. The summed E-state index contributed by atoms with van der Waals surface area (Å²) in [5.74, 6) is 1.44. The number of fused-ring (bicyclic) bond motifs is 2. The Bertz CT molecular complexity index is 987. The average Bonchev–Trinajstić information content (AvgIpc) is 2.67. The molecular weight excluding hydrogens is 375 g/mol. The lowest BCUT2D eigenvalue weighted by Crippen LogP contribution is -2.37. The number of halogens is 1. The summed E-state index contributed by atoms with van der Waals surface area (Å²) in [5.41, 5.74) is 4.82. The molecule has 160 valence electrons. The van der Waals surface area contributed by atoms with Crippen molar-refractivity contribution in [1.29, 1.82) is 0 Å². The van der Waals surface area contributed by atoms with Gasteiger partial charge >= 0.3 is 0 Å². The van der Waals surface area contributed by atoms with Gasteiger partial charge in [0.25, 0.3) is 0 Å². The molecule has 0 bridgehead atoms. The third-order valence-electron chi connectivity index (χ3n) is 7.15. The van der Waals surface area contributed by atoms with Crippen LogP contribution in [0.5, 0.6) is 11.5 Å². The quantitative estimate of drug-likeness (QED) is 0.572. The van der Waals surface area contributed by atoms with Gasteiger partial charge in [-0.25, -0.2) is 4.39 Å². The fourth-order valence-electron chi connectivity index (χ4n) is 5.45. The van der Waals surface area contributed by atoms with Crippen LogP contribution < -0.4 is 4.74 Å². The molecule has 1 aliphatic heterocycles. The summed E-state index contributed by atoms with van der Waals surface area (Å²) in [6.45, 7) is 10.9. The van der Waals surface area contributed by atoms with Crippen LogP contribution in [0.25, 0.3) is 5.57 Å². The fourth-order valence-corrected chi connectivity index (χ4v) is 5.45. The summed E-state index contributed by atoms with van der Waals surface area (Å²) in [5, 5.41) is 11.2. The van der Waals surface area contributed by atoms with Gasteiger partial charge in [0.05, 0.1) is 5.56 Å². The molecule has 0 aromatic heterocycles. The first-order valence-electron chi connectivity index (χ1n) is 11.2. The van der Waals surface area contributed by atoms with Crippen molar-refractivity contribution in [3.63, 3.8) is 0 Å². The van der Waals surface area contributed by atoms with E-state index in [2.05, 4.69) is 40.7 Å². The lowest BCUT2D eigenvalue weighted by Gasteiger charge is -2.42. The number of hydrogen-bond acceptors (Lipinski definition) is 2. The molecule has 0 spiro atoms. The second-order valence-electron chi connectivity index (χ2n) is 9.87. The van der Waals surface area contributed by atoms with Crippen molar-refractivity contribution in [2.75, 3.05) is 0 Å². The Labute approximate surface area is 179 Å². The Balaban J connectivity index is 1.88. The van der Waals surface area contributed by atoms with E-state index in [1.165, 1.54) is 29.7 Å². The number of ether oxygens (including phenoxy) is 1. The second kappa shape index (κ2) is 7.44. The minimum absolute atomic E-state index is 0.234. The van der Waals surface area contributed by atoms with Gasteiger partial charge in [-0.3, -0.25) is 0 Å². The smallest absolute Gasteiger partial charge is 0.132 e. The van der Waals surface area contributed by atoms with E-state index in [0.717, 1.165) is 48.1 Å². The number of allylic oxidation sites excluding steroid dienone is 1. The van der Waals surface area contributed by atoms with Crippen molar-refractivity contribution in [3.8, 4) is 11.5 Å². The molecule has 2 aromatic rings. The van der Waals surface area contributed by atoms with Crippen molar-refractivity contribution < 1.29 is 14.2 Å². The highest BCUT2D eigenvalue weighted by Gasteiger charge is 2.40. The number of phenols is 1. The van der Waals surface area contributed by atoms with Crippen molar-refractivity contribution in [3.05, 3.63) is 64.5 Å². The van der Waals surface area contributed by atoms with Gasteiger partial charge in [-0.1, -0.05) is 39.3 Å². The van der Waals surface area contributed by atoms with Crippen LogP contribution in [0.2, 0.25) is 0 Å². The fraction of sp³-hybridized carbons (Fsp3) is 0.481. The largest absolute Gasteiger partial charge is 0.507 e. The molecule has 0 amide bonds. The van der Waals surface area contributed by atoms with Gasteiger partial charge in [0.15, 0.2) is 0 Å². The van der Waals surface area contributed by atoms with Crippen LogP contribution in [0.1, 0.15) is 83.4 Å². The van der Waals surface area contributed by atoms with Crippen LogP contribution in [0.15, 0.2) is 42.0 Å². The van der Waals surface area contributed by atoms with Gasteiger partial charge < -0.3 is 9.84 Å². The van der Waals surface area contributed by atoms with Crippen molar-refractivity contribution in [1.82, 2.24) is 0 Å². The second-order valence-corrected chi connectivity index (χ2v) is 9.87. The number of aromatic hydroxyl groups is 1. The van der Waals surface area contributed by atoms with Crippen molar-refractivity contribution in [2.45, 2.75) is 77.7 Å². The SMILES string of the molecule is CCCC(C)(c1ccc(F)cc1)c1cc(O)c2c(c1)OC(C)(C)C1=C2CC(C)CC1. The maximum absolute atomic E-state index is 13.6. The minimum atomic E-state index is -0.370. The van der Waals surface area contributed by atoms with Crippen LogP contribution in [-0.4, -0.2) is 10.7 Å². The standard InChI is InChI=1S/C27H33FO2/c1-6-13-27(5,18-8-10-20(28)11-9-18)19-15-23(29)25-21-14-17(2)7-12-22(21)26(3,4)30-24(25)16-19/h8-11,15-17,29H,6-7,12-14H2,1-5H3. The summed E-state index contributed by atoms with van der Waals surface area (Å²) < 4.78 is 20.1. The van der Waals surface area contributed by atoms with Gasteiger partial charge in [0.2, 0.25) is 0 Å². The van der Waals surface area contributed by atoms with Crippen LogP contribution in [-0.2, 0) is 5.41 Å². The van der Waals surface area contributed by atoms with Gasteiger partial charge in [0.1, 0.15) is 22.9 Å². The van der Waals surface area contributed by atoms with Gasteiger partial charge in [-0.05, 0) is 92.0 Å². The van der Waals surface area contributed by atoms with E-state index in [9.17, 15) is 9.50 Å². The van der Waals surface area contributed by atoms with Crippen LogP contribution in [0, 0.1) is 11.7 Å². The average molecular weight is 409 g/mol. The zero-order chi connectivity index (χ0) is 21.7. The predicted molar refractivity (Wildman–Crippen MR) is 121 cm³/mol. The van der Waals surface area contributed by atoms with E-state index in [1.807, 2.05) is 18.2 Å². The molecule has 2 atom stereocenters. The zero-order valence-electron chi connectivity index (χ0n) is 18.8. The Morgan fingerprint density at radius 1 is 1.17 bits per heavy atom. The summed E-state index contributed by atoms with van der Waals surface area (Å²) in [6, 6.07) is 10.8.